The van der Waals surface area contributed by atoms with Gasteiger partial charge in [0.15, 0.2) is 0 Å². The van der Waals surface area contributed by atoms with E-state index < -0.39 is 0 Å². The molecule has 1 aromatic heterocycles. The molecule has 2 N–H and O–H groups in total. The Kier molecular flexibility index (Phi) is 2.59. The van der Waals surface area contributed by atoms with Crippen LogP contribution in [0.25, 0.3) is 0 Å². The van der Waals surface area contributed by atoms with Crippen molar-refractivity contribution in [2.24, 2.45) is 11.1 Å². The predicted molar refractivity (Wildman–Crippen MR) is 61.5 cm³/mol. The van der Waals surface area contributed by atoms with Gasteiger partial charge in [0.2, 0.25) is 0 Å². The molecule has 0 aliphatic heterocycles. The van der Waals surface area contributed by atoms with E-state index >= 15 is 0 Å². The van der Waals surface area contributed by atoms with Crippen molar-refractivity contribution in [3.8, 4) is 0 Å². The molecule has 0 bridgehead atoms. The van der Waals surface area contributed by atoms with E-state index in [1.165, 1.54) is 19.3 Å². The molecular weight excluding hydrogens is 186 g/mol. The molecule has 1 aliphatic rings. The quantitative estimate of drug-likeness (QED) is 0.810. The monoisotopic (exact) mass is 207 g/mol. The number of aromatic nitrogens is 2. The van der Waals surface area contributed by atoms with Gasteiger partial charge in [0.1, 0.15) is 0 Å². The third-order valence-corrected chi connectivity index (χ3v) is 3.50. The second kappa shape index (κ2) is 3.63. The van der Waals surface area contributed by atoms with Crippen LogP contribution in [-0.4, -0.2) is 9.55 Å². The first-order valence-corrected chi connectivity index (χ1v) is 5.77. The lowest BCUT2D eigenvalue weighted by molar-refractivity contribution is 0.355. The Morgan fingerprint density at radius 1 is 1.60 bits per heavy atom. The fraction of sp³-hybridized carbons (Fsp3) is 0.750. The molecule has 1 heterocycles. The highest BCUT2D eigenvalue weighted by atomic mass is 15.1. The first kappa shape index (κ1) is 10.7. The van der Waals surface area contributed by atoms with Crippen molar-refractivity contribution in [1.29, 1.82) is 0 Å². The third-order valence-electron chi connectivity index (χ3n) is 3.50. The van der Waals surface area contributed by atoms with Gasteiger partial charge in [0.25, 0.3) is 0 Å². The standard InChI is InChI=1S/C12H21N3/c1-9(13)11-7-14-8-15(11)10-4-5-12(2,3)6-10/h7-10H,4-6,13H2,1-3H3. The summed E-state index contributed by atoms with van der Waals surface area (Å²) < 4.78 is 2.28. The smallest absolute Gasteiger partial charge is 0.0951 e. The molecule has 0 amide bonds. The maximum atomic E-state index is 5.93. The zero-order chi connectivity index (χ0) is 11.1. The van der Waals surface area contributed by atoms with E-state index in [4.69, 9.17) is 5.73 Å². The van der Waals surface area contributed by atoms with Crippen LogP contribution in [0.4, 0.5) is 0 Å². The lowest BCUT2D eigenvalue weighted by Crippen LogP contribution is -2.15. The molecule has 84 valence electrons. The van der Waals surface area contributed by atoms with Crippen molar-refractivity contribution in [3.63, 3.8) is 0 Å². The molecule has 0 radical (unpaired) electrons. The molecule has 3 heteroatoms. The van der Waals surface area contributed by atoms with Crippen molar-refractivity contribution < 1.29 is 0 Å². The van der Waals surface area contributed by atoms with Crippen LogP contribution in [0, 0.1) is 5.41 Å². The normalized spacial score (nSPS) is 26.8. The van der Waals surface area contributed by atoms with Gasteiger partial charge in [0, 0.05) is 18.3 Å². The summed E-state index contributed by atoms with van der Waals surface area (Å²) in [5, 5.41) is 0. The molecule has 2 rings (SSSR count). The molecule has 1 fully saturated rings. The average molecular weight is 207 g/mol. The maximum Gasteiger partial charge on any atom is 0.0951 e. The molecule has 3 nitrogen and oxygen atoms in total. The number of imidazole rings is 1. The van der Waals surface area contributed by atoms with Crippen molar-refractivity contribution in [2.75, 3.05) is 0 Å². The van der Waals surface area contributed by atoms with E-state index in [9.17, 15) is 0 Å². The minimum atomic E-state index is 0.0798. The number of nitrogens with zero attached hydrogens (tertiary/aromatic N) is 2. The van der Waals surface area contributed by atoms with Crippen molar-refractivity contribution >= 4 is 0 Å². The molecule has 0 aromatic carbocycles. The first-order chi connectivity index (χ1) is 6.99. The van der Waals surface area contributed by atoms with E-state index in [0.29, 0.717) is 11.5 Å². The summed E-state index contributed by atoms with van der Waals surface area (Å²) >= 11 is 0. The third kappa shape index (κ3) is 2.07. The second-order valence-electron chi connectivity index (χ2n) is 5.58. The first-order valence-electron chi connectivity index (χ1n) is 5.77. The number of rotatable bonds is 2. The molecule has 1 aromatic rings. The Hall–Kier alpha value is -0.830. The summed E-state index contributed by atoms with van der Waals surface area (Å²) in [7, 11) is 0. The summed E-state index contributed by atoms with van der Waals surface area (Å²) in [5.41, 5.74) is 7.57. The van der Waals surface area contributed by atoms with Crippen molar-refractivity contribution in [1.82, 2.24) is 9.55 Å². The predicted octanol–water partition coefficient (Wildman–Crippen LogP) is 2.65. The van der Waals surface area contributed by atoms with Crippen LogP contribution in [0.5, 0.6) is 0 Å². The van der Waals surface area contributed by atoms with Gasteiger partial charge in [-0.3, -0.25) is 0 Å². The molecular formula is C12H21N3. The number of hydrogen-bond donors (Lipinski definition) is 1. The largest absolute Gasteiger partial charge is 0.330 e. The topological polar surface area (TPSA) is 43.8 Å². The van der Waals surface area contributed by atoms with Crippen LogP contribution in [0.15, 0.2) is 12.5 Å². The SMILES string of the molecule is CC(N)c1cncn1C1CCC(C)(C)C1. The number of nitrogens with two attached hydrogens (primary N) is 1. The summed E-state index contributed by atoms with van der Waals surface area (Å²) in [4.78, 5) is 4.22. The Labute approximate surface area is 91.7 Å². The lowest BCUT2D eigenvalue weighted by atomic mass is 9.92. The van der Waals surface area contributed by atoms with Gasteiger partial charge >= 0.3 is 0 Å². The lowest BCUT2D eigenvalue weighted by Gasteiger charge is -2.20. The Morgan fingerprint density at radius 2 is 2.33 bits per heavy atom. The summed E-state index contributed by atoms with van der Waals surface area (Å²) in [6, 6.07) is 0.680. The Bertz CT molecular complexity index is 338. The van der Waals surface area contributed by atoms with Crippen LogP contribution in [-0.2, 0) is 0 Å². The van der Waals surface area contributed by atoms with Gasteiger partial charge in [-0.1, -0.05) is 13.8 Å². The van der Waals surface area contributed by atoms with Crippen LogP contribution < -0.4 is 5.73 Å². The molecule has 2 unspecified atom stereocenters. The minimum absolute atomic E-state index is 0.0798. The average Bonchev–Trinajstić information content (AvgIpc) is 2.69. The zero-order valence-electron chi connectivity index (χ0n) is 9.90. The second-order valence-corrected chi connectivity index (χ2v) is 5.58. The fourth-order valence-corrected chi connectivity index (χ4v) is 2.61. The van der Waals surface area contributed by atoms with E-state index in [1.807, 2.05) is 19.4 Å². The van der Waals surface area contributed by atoms with Gasteiger partial charge in [-0.05, 0) is 31.6 Å². The van der Waals surface area contributed by atoms with Gasteiger partial charge < -0.3 is 10.3 Å². The van der Waals surface area contributed by atoms with Crippen molar-refractivity contribution in [3.05, 3.63) is 18.2 Å². The molecule has 2 atom stereocenters. The Balaban J connectivity index is 2.20. The van der Waals surface area contributed by atoms with E-state index in [1.54, 1.807) is 0 Å². The van der Waals surface area contributed by atoms with Crippen LogP contribution in [0.3, 0.4) is 0 Å². The molecule has 1 aliphatic carbocycles. The summed E-state index contributed by atoms with van der Waals surface area (Å²) in [6.07, 6.45) is 7.63. The molecule has 0 spiro atoms. The van der Waals surface area contributed by atoms with Gasteiger partial charge in [-0.15, -0.1) is 0 Å². The number of hydrogen-bond acceptors (Lipinski definition) is 2. The summed E-state index contributed by atoms with van der Waals surface area (Å²) in [5.74, 6) is 0. The Morgan fingerprint density at radius 3 is 2.87 bits per heavy atom. The highest BCUT2D eigenvalue weighted by molar-refractivity contribution is 5.06. The maximum absolute atomic E-state index is 5.93. The van der Waals surface area contributed by atoms with Crippen LogP contribution in [0.1, 0.15) is 57.8 Å². The minimum Gasteiger partial charge on any atom is -0.330 e. The van der Waals surface area contributed by atoms with E-state index in [2.05, 4.69) is 23.4 Å². The van der Waals surface area contributed by atoms with Crippen LogP contribution >= 0.6 is 0 Å². The summed E-state index contributed by atoms with van der Waals surface area (Å²) in [6.45, 7) is 6.71. The fourth-order valence-electron chi connectivity index (χ4n) is 2.61. The highest BCUT2D eigenvalue weighted by Crippen LogP contribution is 2.44. The van der Waals surface area contributed by atoms with E-state index in [-0.39, 0.29) is 6.04 Å². The van der Waals surface area contributed by atoms with Gasteiger partial charge in [-0.2, -0.15) is 0 Å². The van der Waals surface area contributed by atoms with Gasteiger partial charge in [0.05, 0.1) is 12.0 Å². The van der Waals surface area contributed by atoms with Crippen LogP contribution in [0.2, 0.25) is 0 Å². The highest BCUT2D eigenvalue weighted by Gasteiger charge is 2.32. The molecule has 0 saturated heterocycles. The molecule has 15 heavy (non-hydrogen) atoms. The molecule has 1 saturated carbocycles. The zero-order valence-corrected chi connectivity index (χ0v) is 9.90. The van der Waals surface area contributed by atoms with Crippen molar-refractivity contribution in [2.45, 2.75) is 52.1 Å². The van der Waals surface area contributed by atoms with E-state index in [0.717, 1.165) is 5.69 Å². The van der Waals surface area contributed by atoms with Gasteiger partial charge in [-0.25, -0.2) is 4.98 Å².